The lowest BCUT2D eigenvalue weighted by molar-refractivity contribution is 0.145. The molecule has 0 aliphatic heterocycles. The van der Waals surface area contributed by atoms with E-state index >= 15 is 0 Å². The highest BCUT2D eigenvalue weighted by Crippen LogP contribution is 2.39. The van der Waals surface area contributed by atoms with Gasteiger partial charge in [0.15, 0.2) is 33.6 Å². The largest absolute Gasteiger partial charge is 0.369 e. The summed E-state index contributed by atoms with van der Waals surface area (Å²) in [5.74, 6) is 40.9. The minimum absolute atomic E-state index is 0.0290. The zero-order chi connectivity index (χ0) is 70.3. The summed E-state index contributed by atoms with van der Waals surface area (Å²) in [5, 5.41) is 82.3. The SMILES string of the molecule is OC(C#Cc1c(C#CC(O)(c2ccccc2)c2ccccc2)c(C#CC(O)(c2ccccc2)c2ccccc2)c(C#CC(O)(c2ccccc2)c2ccccc2)c(C#CC(O)(c2ccccc2)c2ccccc2)c1C#CC(O)(c1ccccc1)c1ccccc1)(c1ccccc1)c1ccccc1. The van der Waals surface area contributed by atoms with Crippen LogP contribution < -0.4 is 0 Å². The van der Waals surface area contributed by atoms with E-state index in [1.54, 1.807) is 146 Å². The van der Waals surface area contributed by atoms with E-state index in [0.29, 0.717) is 66.8 Å². The average molecular weight is 1320 g/mol. The quantitative estimate of drug-likeness (QED) is 0.0678. The van der Waals surface area contributed by atoms with Crippen LogP contribution in [-0.2, 0) is 33.6 Å². The Morgan fingerprint density at radius 2 is 0.206 bits per heavy atom. The molecule has 0 aromatic heterocycles. The van der Waals surface area contributed by atoms with Gasteiger partial charge in [-0.3, -0.25) is 0 Å². The fraction of sp³-hybridized carbons (Fsp3) is 0.0625. The van der Waals surface area contributed by atoms with E-state index in [0.717, 1.165) is 0 Å². The van der Waals surface area contributed by atoms with Crippen molar-refractivity contribution in [2.45, 2.75) is 33.6 Å². The minimum Gasteiger partial charge on any atom is -0.369 e. The van der Waals surface area contributed by atoms with Crippen LogP contribution in [-0.4, -0.2) is 30.6 Å². The molecule has 6 heteroatoms. The molecule has 13 rings (SSSR count). The smallest absolute Gasteiger partial charge is 0.177 e. The fourth-order valence-corrected chi connectivity index (χ4v) is 12.4. The van der Waals surface area contributed by atoms with E-state index in [9.17, 15) is 30.6 Å². The predicted molar refractivity (Wildman–Crippen MR) is 403 cm³/mol. The van der Waals surface area contributed by atoms with E-state index in [1.807, 2.05) is 218 Å². The number of hydrogen-bond acceptors (Lipinski definition) is 6. The third-order valence-electron chi connectivity index (χ3n) is 18.0. The van der Waals surface area contributed by atoms with Gasteiger partial charge >= 0.3 is 0 Å². The molecule has 0 unspecified atom stereocenters. The lowest BCUT2D eigenvalue weighted by Gasteiger charge is -2.25. The predicted octanol–water partition coefficient (Wildman–Crippen LogP) is 15.4. The second-order valence-corrected chi connectivity index (χ2v) is 24.4. The molecule has 13 aromatic carbocycles. The zero-order valence-corrected chi connectivity index (χ0v) is 55.3. The lowest BCUT2D eigenvalue weighted by atomic mass is 9.81. The molecule has 0 spiro atoms. The normalized spacial score (nSPS) is 11.4. The Morgan fingerprint density at radius 1 is 0.127 bits per heavy atom. The maximum atomic E-state index is 13.7. The maximum Gasteiger partial charge on any atom is 0.177 e. The van der Waals surface area contributed by atoms with Gasteiger partial charge in [-0.2, -0.15) is 0 Å². The van der Waals surface area contributed by atoms with E-state index in [4.69, 9.17) is 0 Å². The number of benzene rings is 13. The van der Waals surface area contributed by atoms with Crippen LogP contribution in [0.15, 0.2) is 364 Å². The maximum absolute atomic E-state index is 13.7. The van der Waals surface area contributed by atoms with Crippen molar-refractivity contribution in [3.63, 3.8) is 0 Å². The molecule has 0 bridgehead atoms. The zero-order valence-electron chi connectivity index (χ0n) is 55.3. The average Bonchev–Trinajstić information content (AvgIpc) is 0.742. The van der Waals surface area contributed by atoms with Gasteiger partial charge in [0.25, 0.3) is 0 Å². The molecular weight excluding hydrogens is 1250 g/mol. The monoisotopic (exact) mass is 1310 g/mol. The topological polar surface area (TPSA) is 121 Å². The van der Waals surface area contributed by atoms with Gasteiger partial charge < -0.3 is 30.6 Å². The van der Waals surface area contributed by atoms with Crippen molar-refractivity contribution in [2.75, 3.05) is 0 Å². The molecule has 13 aromatic rings. The van der Waals surface area contributed by atoms with Gasteiger partial charge in [0.2, 0.25) is 0 Å². The molecule has 0 radical (unpaired) electrons. The van der Waals surface area contributed by atoms with E-state index in [-0.39, 0.29) is 33.4 Å². The molecule has 0 saturated heterocycles. The van der Waals surface area contributed by atoms with E-state index in [2.05, 4.69) is 71.0 Å². The van der Waals surface area contributed by atoms with Gasteiger partial charge in [0.1, 0.15) is 0 Å². The summed E-state index contributed by atoms with van der Waals surface area (Å²) in [6.07, 6.45) is 0. The molecule has 0 saturated carbocycles. The summed E-state index contributed by atoms with van der Waals surface area (Å²) in [6, 6.07) is 108. The first-order valence-electron chi connectivity index (χ1n) is 33.3. The van der Waals surface area contributed by atoms with Crippen molar-refractivity contribution >= 4 is 0 Å². The van der Waals surface area contributed by atoms with Crippen LogP contribution in [0, 0.1) is 71.0 Å². The van der Waals surface area contributed by atoms with Crippen molar-refractivity contribution < 1.29 is 30.6 Å². The summed E-state index contributed by atoms with van der Waals surface area (Å²) >= 11 is 0. The summed E-state index contributed by atoms with van der Waals surface area (Å²) < 4.78 is 0. The molecule has 0 amide bonds. The van der Waals surface area contributed by atoms with Crippen LogP contribution in [0.3, 0.4) is 0 Å². The minimum atomic E-state index is -2.10. The van der Waals surface area contributed by atoms with Crippen LogP contribution in [0.25, 0.3) is 0 Å². The highest BCUT2D eigenvalue weighted by molar-refractivity contribution is 5.79. The van der Waals surface area contributed by atoms with Gasteiger partial charge in [-0.05, 0) is 0 Å². The molecule has 0 fully saturated rings. The van der Waals surface area contributed by atoms with Crippen molar-refractivity contribution in [3.8, 4) is 71.0 Å². The van der Waals surface area contributed by atoms with Gasteiger partial charge in [0, 0.05) is 66.8 Å². The summed E-state index contributed by atoms with van der Waals surface area (Å²) in [6.45, 7) is 0. The molecule has 486 valence electrons. The molecular formula is C96H66O6. The van der Waals surface area contributed by atoms with E-state index in [1.165, 1.54) is 0 Å². The second-order valence-electron chi connectivity index (χ2n) is 24.4. The Labute approximate surface area is 595 Å². The van der Waals surface area contributed by atoms with Gasteiger partial charge in [0.05, 0.1) is 33.4 Å². The fourth-order valence-electron chi connectivity index (χ4n) is 12.4. The summed E-state index contributed by atoms with van der Waals surface area (Å²) in [5.41, 5.74) is -7.87. The third kappa shape index (κ3) is 13.9. The molecule has 0 atom stereocenters. The van der Waals surface area contributed by atoms with Crippen molar-refractivity contribution in [1.29, 1.82) is 0 Å². The van der Waals surface area contributed by atoms with Crippen LogP contribution in [0.1, 0.15) is 100 Å². The molecule has 0 aliphatic carbocycles. The first-order valence-corrected chi connectivity index (χ1v) is 33.3. The van der Waals surface area contributed by atoms with E-state index < -0.39 is 33.6 Å². The Balaban J connectivity index is 1.32. The Kier molecular flexibility index (Phi) is 19.9. The van der Waals surface area contributed by atoms with Crippen molar-refractivity contribution in [3.05, 3.63) is 464 Å². The number of hydrogen-bond donors (Lipinski definition) is 6. The number of rotatable bonds is 12. The van der Waals surface area contributed by atoms with Gasteiger partial charge in [-0.1, -0.05) is 435 Å². The van der Waals surface area contributed by atoms with Crippen LogP contribution in [0.4, 0.5) is 0 Å². The third-order valence-corrected chi connectivity index (χ3v) is 18.0. The van der Waals surface area contributed by atoms with Crippen molar-refractivity contribution in [2.24, 2.45) is 0 Å². The highest BCUT2D eigenvalue weighted by atomic mass is 16.3. The standard InChI is InChI=1S/C96H66O6/c97-91(73-37-13-1-14-38-73,74-39-15-2-16-40-74)67-61-85-86(62-68-92(98,75-41-17-3-18-42-75)76-43-19-4-20-44-76)88(64-70-94(100,79-49-25-7-26-50-79)80-51-27-8-28-52-80)90(66-72-96(102,83-57-33-11-34-58-83)84-59-35-12-36-60-84)89(65-71-95(101,81-53-29-9-30-54-81)82-55-31-10-32-56-82)87(85)63-69-93(99,77-45-21-5-22-46-77)78-47-23-6-24-48-78/h1-60,97-102H. The Hall–Kier alpha value is -13.0. The van der Waals surface area contributed by atoms with Crippen molar-refractivity contribution in [1.82, 2.24) is 0 Å². The first kappa shape index (κ1) is 67.5. The molecule has 0 heterocycles. The molecule has 6 N–H and O–H groups in total. The molecule has 0 aliphatic rings. The molecule has 6 nitrogen and oxygen atoms in total. The second kappa shape index (κ2) is 30.0. The Morgan fingerprint density at radius 3 is 0.284 bits per heavy atom. The lowest BCUT2D eigenvalue weighted by Crippen LogP contribution is -2.26. The van der Waals surface area contributed by atoms with Gasteiger partial charge in [-0.15, -0.1) is 0 Å². The first-order chi connectivity index (χ1) is 49.8. The summed E-state index contributed by atoms with van der Waals surface area (Å²) in [4.78, 5) is 0. The Bertz CT molecular complexity index is 4300. The van der Waals surface area contributed by atoms with Crippen LogP contribution in [0.2, 0.25) is 0 Å². The highest BCUT2D eigenvalue weighted by Gasteiger charge is 2.37. The van der Waals surface area contributed by atoms with Crippen LogP contribution >= 0.6 is 0 Å². The van der Waals surface area contributed by atoms with Gasteiger partial charge in [-0.25, -0.2) is 0 Å². The van der Waals surface area contributed by atoms with Crippen LogP contribution in [0.5, 0.6) is 0 Å². The summed E-state index contributed by atoms with van der Waals surface area (Å²) in [7, 11) is 0. The number of aliphatic hydroxyl groups is 6. The molecule has 102 heavy (non-hydrogen) atoms.